The molecule has 1 aliphatic heterocycles. The van der Waals surface area contributed by atoms with Gasteiger partial charge >= 0.3 is 0 Å². The van der Waals surface area contributed by atoms with Crippen molar-refractivity contribution in [2.75, 3.05) is 32.7 Å². The zero-order valence-corrected chi connectivity index (χ0v) is 11.3. The Balaban J connectivity index is 2.29. The van der Waals surface area contributed by atoms with Crippen molar-refractivity contribution < 1.29 is 4.79 Å². The molecule has 17 heavy (non-hydrogen) atoms. The summed E-state index contributed by atoms with van der Waals surface area (Å²) in [6.45, 7) is 8.82. The summed E-state index contributed by atoms with van der Waals surface area (Å²) in [4.78, 5) is 14.1. The van der Waals surface area contributed by atoms with Gasteiger partial charge in [0.05, 0.1) is 6.54 Å². The quantitative estimate of drug-likeness (QED) is 0.623. The third-order valence-electron chi connectivity index (χ3n) is 3.26. The lowest BCUT2D eigenvalue weighted by Gasteiger charge is -2.27. The predicted octanol–water partition coefficient (Wildman–Crippen LogP) is 0.977. The number of amides is 1. The molecule has 2 N–H and O–H groups in total. The van der Waals surface area contributed by atoms with E-state index in [2.05, 4.69) is 29.4 Å². The minimum absolute atomic E-state index is 0.179. The van der Waals surface area contributed by atoms with E-state index in [0.29, 0.717) is 12.6 Å². The van der Waals surface area contributed by atoms with Gasteiger partial charge in [-0.05, 0) is 32.4 Å². The summed E-state index contributed by atoms with van der Waals surface area (Å²) in [5.74, 6) is 0.179. The molecule has 0 radical (unpaired) electrons. The van der Waals surface area contributed by atoms with Gasteiger partial charge in [0.2, 0.25) is 5.91 Å². The van der Waals surface area contributed by atoms with Crippen molar-refractivity contribution in [3.63, 3.8) is 0 Å². The maximum absolute atomic E-state index is 11.8. The van der Waals surface area contributed by atoms with Gasteiger partial charge in [0.1, 0.15) is 0 Å². The van der Waals surface area contributed by atoms with Gasteiger partial charge in [-0.3, -0.25) is 9.69 Å². The van der Waals surface area contributed by atoms with Crippen LogP contribution in [0.4, 0.5) is 0 Å². The number of nitrogens with one attached hydrogen (secondary N) is 2. The highest BCUT2D eigenvalue weighted by Gasteiger charge is 2.23. The second-order valence-corrected chi connectivity index (χ2v) is 4.82. The van der Waals surface area contributed by atoms with Crippen LogP contribution in [0.5, 0.6) is 0 Å². The highest BCUT2D eigenvalue weighted by molar-refractivity contribution is 5.78. The molecule has 1 saturated heterocycles. The fourth-order valence-corrected chi connectivity index (χ4v) is 2.27. The summed E-state index contributed by atoms with van der Waals surface area (Å²) in [5.41, 5.74) is 0. The highest BCUT2D eigenvalue weighted by Crippen LogP contribution is 2.08. The van der Waals surface area contributed by atoms with Crippen LogP contribution in [-0.4, -0.2) is 49.6 Å². The molecule has 0 bridgehead atoms. The van der Waals surface area contributed by atoms with Gasteiger partial charge in [-0.15, -0.1) is 0 Å². The maximum atomic E-state index is 11.8. The van der Waals surface area contributed by atoms with Crippen molar-refractivity contribution in [1.29, 1.82) is 0 Å². The number of hydrogen-bond acceptors (Lipinski definition) is 3. The van der Waals surface area contributed by atoms with Crippen LogP contribution in [0.25, 0.3) is 0 Å². The standard InChI is InChI=1S/C13H27N3O/c1-3-5-7-15-13(17)11-16(9-4-2)12-6-8-14-10-12/h12,14H,3-11H2,1-2H3,(H,15,17). The molecule has 1 unspecified atom stereocenters. The van der Waals surface area contributed by atoms with Gasteiger partial charge in [0, 0.05) is 19.1 Å². The van der Waals surface area contributed by atoms with Crippen molar-refractivity contribution in [2.24, 2.45) is 0 Å². The Bertz CT molecular complexity index is 215. The normalized spacial score (nSPS) is 19.8. The summed E-state index contributed by atoms with van der Waals surface area (Å²) >= 11 is 0. The number of nitrogens with zero attached hydrogens (tertiary/aromatic N) is 1. The van der Waals surface area contributed by atoms with Crippen molar-refractivity contribution in [1.82, 2.24) is 15.5 Å². The molecule has 0 aromatic rings. The third-order valence-corrected chi connectivity index (χ3v) is 3.26. The largest absolute Gasteiger partial charge is 0.355 e. The van der Waals surface area contributed by atoms with Gasteiger partial charge in [-0.25, -0.2) is 0 Å². The Kier molecular flexibility index (Phi) is 7.21. The number of carbonyl (C=O) groups is 1. The molecule has 100 valence electrons. The summed E-state index contributed by atoms with van der Waals surface area (Å²) in [6.07, 6.45) is 4.48. The zero-order chi connectivity index (χ0) is 12.5. The minimum atomic E-state index is 0.179. The highest BCUT2D eigenvalue weighted by atomic mass is 16.2. The van der Waals surface area contributed by atoms with Crippen LogP contribution in [0, 0.1) is 0 Å². The van der Waals surface area contributed by atoms with Crippen LogP contribution in [0.2, 0.25) is 0 Å². The lowest BCUT2D eigenvalue weighted by molar-refractivity contribution is -0.122. The molecule has 1 rings (SSSR count). The topological polar surface area (TPSA) is 44.4 Å². The second-order valence-electron chi connectivity index (χ2n) is 4.82. The van der Waals surface area contributed by atoms with E-state index < -0.39 is 0 Å². The fourth-order valence-electron chi connectivity index (χ4n) is 2.27. The van der Waals surface area contributed by atoms with Gasteiger partial charge in [0.25, 0.3) is 0 Å². The van der Waals surface area contributed by atoms with Crippen molar-refractivity contribution in [3.8, 4) is 0 Å². The maximum Gasteiger partial charge on any atom is 0.234 e. The third kappa shape index (κ3) is 5.50. The van der Waals surface area contributed by atoms with E-state index in [9.17, 15) is 4.79 Å². The van der Waals surface area contributed by atoms with Crippen molar-refractivity contribution in [2.45, 2.75) is 45.6 Å². The first-order valence-corrected chi connectivity index (χ1v) is 6.99. The molecule has 1 amide bonds. The molecule has 1 fully saturated rings. The average molecular weight is 241 g/mol. The molecule has 0 saturated carbocycles. The smallest absolute Gasteiger partial charge is 0.234 e. The number of carbonyl (C=O) groups excluding carboxylic acids is 1. The first-order valence-electron chi connectivity index (χ1n) is 6.99. The first-order chi connectivity index (χ1) is 8.27. The van der Waals surface area contributed by atoms with E-state index in [4.69, 9.17) is 0 Å². The minimum Gasteiger partial charge on any atom is -0.355 e. The number of rotatable bonds is 8. The molecule has 1 atom stereocenters. The average Bonchev–Trinajstić information content (AvgIpc) is 2.82. The fraction of sp³-hybridized carbons (Fsp3) is 0.923. The Labute approximate surface area is 105 Å². The predicted molar refractivity (Wildman–Crippen MR) is 71.1 cm³/mol. The molecule has 4 nitrogen and oxygen atoms in total. The molecule has 0 aromatic heterocycles. The van der Waals surface area contributed by atoms with Crippen molar-refractivity contribution in [3.05, 3.63) is 0 Å². The Hall–Kier alpha value is -0.610. The molecule has 0 spiro atoms. The number of unbranched alkanes of at least 4 members (excludes halogenated alkanes) is 1. The first kappa shape index (κ1) is 14.5. The van der Waals surface area contributed by atoms with Gasteiger partial charge in [-0.2, -0.15) is 0 Å². The van der Waals surface area contributed by atoms with Gasteiger partial charge < -0.3 is 10.6 Å². The molecule has 0 aromatic carbocycles. The SMILES string of the molecule is CCCCNC(=O)CN(CCC)C1CCNC1. The van der Waals surface area contributed by atoms with E-state index >= 15 is 0 Å². The Morgan fingerprint density at radius 3 is 2.82 bits per heavy atom. The second kappa shape index (κ2) is 8.48. The Morgan fingerprint density at radius 1 is 1.41 bits per heavy atom. The van der Waals surface area contributed by atoms with Crippen LogP contribution < -0.4 is 10.6 Å². The van der Waals surface area contributed by atoms with E-state index in [-0.39, 0.29) is 5.91 Å². The Morgan fingerprint density at radius 2 is 2.24 bits per heavy atom. The summed E-state index contributed by atoms with van der Waals surface area (Å²) < 4.78 is 0. The van der Waals surface area contributed by atoms with Crippen LogP contribution in [0.1, 0.15) is 39.5 Å². The molecule has 0 aliphatic carbocycles. The zero-order valence-electron chi connectivity index (χ0n) is 11.3. The van der Waals surface area contributed by atoms with Crippen LogP contribution in [-0.2, 0) is 4.79 Å². The molecular formula is C13H27N3O. The summed E-state index contributed by atoms with van der Waals surface area (Å²) in [6, 6.07) is 0.548. The molecule has 1 aliphatic rings. The lowest BCUT2D eigenvalue weighted by atomic mass is 10.2. The summed E-state index contributed by atoms with van der Waals surface area (Å²) in [7, 11) is 0. The van der Waals surface area contributed by atoms with E-state index in [0.717, 1.165) is 45.4 Å². The van der Waals surface area contributed by atoms with Crippen molar-refractivity contribution >= 4 is 5.91 Å². The van der Waals surface area contributed by atoms with E-state index in [1.54, 1.807) is 0 Å². The van der Waals surface area contributed by atoms with Crippen LogP contribution in [0.15, 0.2) is 0 Å². The van der Waals surface area contributed by atoms with Gasteiger partial charge in [0.15, 0.2) is 0 Å². The van der Waals surface area contributed by atoms with Gasteiger partial charge in [-0.1, -0.05) is 20.3 Å². The van der Waals surface area contributed by atoms with E-state index in [1.165, 1.54) is 6.42 Å². The lowest BCUT2D eigenvalue weighted by Crippen LogP contribution is -2.44. The molecule has 4 heteroatoms. The van der Waals surface area contributed by atoms with Crippen LogP contribution >= 0.6 is 0 Å². The van der Waals surface area contributed by atoms with Crippen LogP contribution in [0.3, 0.4) is 0 Å². The molecular weight excluding hydrogens is 214 g/mol. The van der Waals surface area contributed by atoms with E-state index in [1.807, 2.05) is 0 Å². The number of hydrogen-bond donors (Lipinski definition) is 2. The molecule has 1 heterocycles. The monoisotopic (exact) mass is 241 g/mol. The summed E-state index contributed by atoms with van der Waals surface area (Å²) in [5, 5.41) is 6.36.